The number of nitrogens with zero attached hydrogens (tertiary/aromatic N) is 4. The number of aromatic nitrogens is 2. The van der Waals surface area contributed by atoms with Crippen LogP contribution in [0.25, 0.3) is 0 Å². The summed E-state index contributed by atoms with van der Waals surface area (Å²) in [6.07, 6.45) is 5.14. The first-order valence-corrected chi connectivity index (χ1v) is 9.35. The first-order valence-electron chi connectivity index (χ1n) is 9.35. The van der Waals surface area contributed by atoms with E-state index in [1.54, 1.807) is 0 Å². The van der Waals surface area contributed by atoms with Crippen LogP contribution in [-0.2, 0) is 11.2 Å². The number of aryl methyl sites for hydroxylation is 1. The molecule has 134 valence electrons. The molecule has 24 heavy (non-hydrogen) atoms. The molecule has 0 aromatic carbocycles. The highest BCUT2D eigenvalue weighted by Gasteiger charge is 2.32. The van der Waals surface area contributed by atoms with Crippen LogP contribution in [0.15, 0.2) is 4.52 Å². The van der Waals surface area contributed by atoms with E-state index in [1.165, 1.54) is 0 Å². The van der Waals surface area contributed by atoms with Gasteiger partial charge in [0.25, 0.3) is 0 Å². The van der Waals surface area contributed by atoms with E-state index in [0.717, 1.165) is 64.1 Å². The summed E-state index contributed by atoms with van der Waals surface area (Å²) in [7, 11) is 0. The predicted molar refractivity (Wildman–Crippen MR) is 91.5 cm³/mol. The lowest BCUT2D eigenvalue weighted by Gasteiger charge is -2.39. The summed E-state index contributed by atoms with van der Waals surface area (Å²) in [5.41, 5.74) is 0. The highest BCUT2D eigenvalue weighted by Crippen LogP contribution is 2.25. The molecule has 2 aliphatic heterocycles. The van der Waals surface area contributed by atoms with E-state index in [4.69, 9.17) is 4.52 Å². The number of carbonyl (C=O) groups excluding carboxylic acids is 1. The smallest absolute Gasteiger partial charge is 0.226 e. The molecule has 3 heterocycles. The number of likely N-dealkylation sites (tertiary alicyclic amines) is 2. The molecule has 6 nitrogen and oxygen atoms in total. The van der Waals surface area contributed by atoms with Gasteiger partial charge < -0.3 is 14.3 Å². The molecule has 0 unspecified atom stereocenters. The number of carbonyl (C=O) groups is 1. The Morgan fingerprint density at radius 1 is 1.25 bits per heavy atom. The number of piperidine rings is 2. The van der Waals surface area contributed by atoms with E-state index in [0.29, 0.717) is 23.8 Å². The Hall–Kier alpha value is -1.43. The van der Waals surface area contributed by atoms with Gasteiger partial charge in [-0.2, -0.15) is 4.98 Å². The normalized spacial score (nSPS) is 23.8. The van der Waals surface area contributed by atoms with Crippen molar-refractivity contribution in [3.63, 3.8) is 0 Å². The fourth-order valence-corrected chi connectivity index (χ4v) is 3.98. The quantitative estimate of drug-likeness (QED) is 0.845. The molecule has 2 aliphatic rings. The first-order chi connectivity index (χ1) is 11.5. The second-order valence-corrected chi connectivity index (χ2v) is 7.63. The number of hydrogen-bond donors (Lipinski definition) is 0. The third kappa shape index (κ3) is 4.15. The van der Waals surface area contributed by atoms with Gasteiger partial charge in [-0.25, -0.2) is 0 Å². The minimum atomic E-state index is 0.192. The lowest BCUT2D eigenvalue weighted by molar-refractivity contribution is -0.139. The number of amides is 1. The van der Waals surface area contributed by atoms with Crippen molar-refractivity contribution >= 4 is 5.91 Å². The third-order valence-electron chi connectivity index (χ3n) is 5.50. The van der Waals surface area contributed by atoms with Gasteiger partial charge in [0.1, 0.15) is 0 Å². The fourth-order valence-electron chi connectivity index (χ4n) is 3.98. The van der Waals surface area contributed by atoms with Crippen molar-refractivity contribution in [3.8, 4) is 0 Å². The van der Waals surface area contributed by atoms with Crippen LogP contribution in [0.1, 0.15) is 51.2 Å². The minimum Gasteiger partial charge on any atom is -0.342 e. The molecule has 2 saturated heterocycles. The topological polar surface area (TPSA) is 62.5 Å². The van der Waals surface area contributed by atoms with Crippen LogP contribution in [0.5, 0.6) is 0 Å². The largest absolute Gasteiger partial charge is 0.342 e. The molecular weight excluding hydrogens is 304 g/mol. The maximum Gasteiger partial charge on any atom is 0.226 e. The van der Waals surface area contributed by atoms with Crippen LogP contribution < -0.4 is 0 Å². The average Bonchev–Trinajstić information content (AvgIpc) is 3.00. The second-order valence-electron chi connectivity index (χ2n) is 7.63. The van der Waals surface area contributed by atoms with Gasteiger partial charge in [-0.3, -0.25) is 4.79 Å². The third-order valence-corrected chi connectivity index (χ3v) is 5.50. The molecule has 1 aromatic rings. The lowest BCUT2D eigenvalue weighted by atomic mass is 9.90. The van der Waals surface area contributed by atoms with Gasteiger partial charge in [-0.1, -0.05) is 5.16 Å². The summed E-state index contributed by atoms with van der Waals surface area (Å²) in [6, 6.07) is 0.532. The van der Waals surface area contributed by atoms with Crippen molar-refractivity contribution in [2.24, 2.45) is 11.8 Å². The Morgan fingerprint density at radius 2 is 2.00 bits per heavy atom. The molecule has 1 amide bonds. The van der Waals surface area contributed by atoms with Crippen LogP contribution in [0, 0.1) is 18.8 Å². The summed E-state index contributed by atoms with van der Waals surface area (Å²) >= 11 is 0. The monoisotopic (exact) mass is 334 g/mol. The van der Waals surface area contributed by atoms with Gasteiger partial charge in [0.05, 0.1) is 5.92 Å². The lowest BCUT2D eigenvalue weighted by Crippen LogP contribution is -2.48. The van der Waals surface area contributed by atoms with Crippen LogP contribution >= 0.6 is 0 Å². The molecule has 6 heteroatoms. The fraction of sp³-hybridized carbons (Fsp3) is 0.833. The summed E-state index contributed by atoms with van der Waals surface area (Å²) in [4.78, 5) is 21.7. The molecule has 1 aromatic heterocycles. The molecule has 2 fully saturated rings. The Morgan fingerprint density at radius 3 is 2.62 bits per heavy atom. The van der Waals surface area contributed by atoms with Gasteiger partial charge in [0, 0.05) is 39.0 Å². The van der Waals surface area contributed by atoms with Crippen LogP contribution in [-0.4, -0.2) is 58.1 Å². The maximum atomic E-state index is 12.8. The summed E-state index contributed by atoms with van der Waals surface area (Å²) in [5, 5.41) is 3.99. The van der Waals surface area contributed by atoms with E-state index in [-0.39, 0.29) is 5.92 Å². The molecule has 0 radical (unpaired) electrons. The van der Waals surface area contributed by atoms with Crippen LogP contribution in [0.4, 0.5) is 0 Å². The zero-order valence-electron chi connectivity index (χ0n) is 15.2. The van der Waals surface area contributed by atoms with Crippen molar-refractivity contribution in [2.45, 2.75) is 58.9 Å². The van der Waals surface area contributed by atoms with Gasteiger partial charge >= 0.3 is 0 Å². The molecule has 1 atom stereocenters. The van der Waals surface area contributed by atoms with Gasteiger partial charge in [0.15, 0.2) is 5.82 Å². The van der Waals surface area contributed by atoms with Gasteiger partial charge in [-0.15, -0.1) is 0 Å². The molecule has 0 bridgehead atoms. The molecular formula is C18H30N4O2. The number of rotatable bonds is 4. The molecule has 0 aliphatic carbocycles. The Kier molecular flexibility index (Phi) is 5.54. The highest BCUT2D eigenvalue weighted by atomic mass is 16.5. The SMILES string of the molecule is Cc1nc(CC2CCN(C(=O)[C@@H]3CCCN(C(C)C)C3)CC2)no1. The summed E-state index contributed by atoms with van der Waals surface area (Å²) < 4.78 is 5.04. The number of hydrogen-bond acceptors (Lipinski definition) is 5. The van der Waals surface area contributed by atoms with E-state index in [2.05, 4.69) is 33.8 Å². The molecule has 0 saturated carbocycles. The van der Waals surface area contributed by atoms with E-state index < -0.39 is 0 Å². The molecule has 3 rings (SSSR count). The van der Waals surface area contributed by atoms with Crippen molar-refractivity contribution < 1.29 is 9.32 Å². The average molecular weight is 334 g/mol. The Balaban J connectivity index is 1.48. The maximum absolute atomic E-state index is 12.8. The zero-order valence-corrected chi connectivity index (χ0v) is 15.2. The second kappa shape index (κ2) is 7.64. The summed E-state index contributed by atoms with van der Waals surface area (Å²) in [6.45, 7) is 10.1. The highest BCUT2D eigenvalue weighted by molar-refractivity contribution is 5.79. The molecule has 0 N–H and O–H groups in total. The van der Waals surface area contributed by atoms with Crippen molar-refractivity contribution in [2.75, 3.05) is 26.2 Å². The van der Waals surface area contributed by atoms with Crippen LogP contribution in [0.2, 0.25) is 0 Å². The van der Waals surface area contributed by atoms with E-state index >= 15 is 0 Å². The zero-order chi connectivity index (χ0) is 17.1. The van der Waals surface area contributed by atoms with E-state index in [9.17, 15) is 4.79 Å². The van der Waals surface area contributed by atoms with Crippen molar-refractivity contribution in [3.05, 3.63) is 11.7 Å². The Labute approximate surface area is 144 Å². The van der Waals surface area contributed by atoms with E-state index in [1.807, 2.05) is 6.92 Å². The van der Waals surface area contributed by atoms with Crippen molar-refractivity contribution in [1.82, 2.24) is 19.9 Å². The molecule has 0 spiro atoms. The minimum absolute atomic E-state index is 0.192. The first kappa shape index (κ1) is 17.4. The predicted octanol–water partition coefficient (Wildman–Crippen LogP) is 2.28. The van der Waals surface area contributed by atoms with Gasteiger partial charge in [-0.05, 0) is 52.0 Å². The van der Waals surface area contributed by atoms with Crippen molar-refractivity contribution in [1.29, 1.82) is 0 Å². The standard InChI is InChI=1S/C18H30N4O2/c1-13(2)22-8-4-5-16(12-22)18(23)21-9-6-15(7-10-21)11-17-19-14(3)24-20-17/h13,15-16H,4-12H2,1-3H3/t16-/m1/s1. The summed E-state index contributed by atoms with van der Waals surface area (Å²) in [5.74, 6) is 2.55. The van der Waals surface area contributed by atoms with Crippen LogP contribution in [0.3, 0.4) is 0 Å². The van der Waals surface area contributed by atoms with Gasteiger partial charge in [0.2, 0.25) is 11.8 Å². The Bertz CT molecular complexity index is 549.